The number of likely N-dealkylation sites (N-methyl/N-ethyl adjacent to an activating group) is 1. The zero-order valence-corrected chi connectivity index (χ0v) is 13.2. The number of nitrogens with two attached hydrogens (primary N) is 1. The highest BCUT2D eigenvalue weighted by atomic mass is 15.1. The van der Waals surface area contributed by atoms with Gasteiger partial charge in [-0.25, -0.2) is 0 Å². The molecule has 0 saturated carbocycles. The van der Waals surface area contributed by atoms with E-state index in [4.69, 9.17) is 5.73 Å². The molecule has 0 bridgehead atoms. The van der Waals surface area contributed by atoms with Gasteiger partial charge < -0.3 is 5.73 Å². The van der Waals surface area contributed by atoms with Gasteiger partial charge in [0.2, 0.25) is 0 Å². The maximum atomic E-state index is 6.44. The van der Waals surface area contributed by atoms with E-state index in [9.17, 15) is 0 Å². The summed E-state index contributed by atoms with van der Waals surface area (Å²) >= 11 is 0. The van der Waals surface area contributed by atoms with Crippen LogP contribution in [0.5, 0.6) is 0 Å². The lowest BCUT2D eigenvalue weighted by molar-refractivity contribution is 0.262. The number of aryl methyl sites for hydroxylation is 2. The summed E-state index contributed by atoms with van der Waals surface area (Å²) in [6.45, 7) is 9.19. The smallest absolute Gasteiger partial charge is 0.0427 e. The molecule has 3 heteroatoms. The van der Waals surface area contributed by atoms with Gasteiger partial charge in [-0.3, -0.25) is 9.88 Å². The fourth-order valence-corrected chi connectivity index (χ4v) is 2.59. The fraction of sp³-hybridized carbons (Fsp3) is 0.389. The van der Waals surface area contributed by atoms with E-state index in [1.807, 2.05) is 12.4 Å². The van der Waals surface area contributed by atoms with Crippen LogP contribution in [0, 0.1) is 13.8 Å². The van der Waals surface area contributed by atoms with Crippen molar-refractivity contribution >= 4 is 0 Å². The first kappa shape index (κ1) is 15.7. The van der Waals surface area contributed by atoms with E-state index in [0.29, 0.717) is 0 Å². The Hall–Kier alpha value is -1.71. The number of rotatable bonds is 6. The van der Waals surface area contributed by atoms with Crippen LogP contribution in [0.4, 0.5) is 0 Å². The van der Waals surface area contributed by atoms with Crippen molar-refractivity contribution in [3.63, 3.8) is 0 Å². The minimum Gasteiger partial charge on any atom is -0.323 e. The number of pyridine rings is 1. The molecule has 0 fully saturated rings. The lowest BCUT2D eigenvalue weighted by Crippen LogP contribution is -2.32. The third-order valence-corrected chi connectivity index (χ3v) is 3.89. The SMILES string of the molecule is CCN(Cc1ccncc1)CC(N)c1cc(C)ccc1C. The Morgan fingerprint density at radius 2 is 1.86 bits per heavy atom. The maximum absolute atomic E-state index is 6.44. The molecule has 1 heterocycles. The van der Waals surface area contributed by atoms with Crippen molar-refractivity contribution in [2.75, 3.05) is 13.1 Å². The summed E-state index contributed by atoms with van der Waals surface area (Å²) in [6, 6.07) is 10.7. The highest BCUT2D eigenvalue weighted by Crippen LogP contribution is 2.19. The molecule has 0 aliphatic carbocycles. The topological polar surface area (TPSA) is 42.2 Å². The van der Waals surface area contributed by atoms with Crippen molar-refractivity contribution in [3.8, 4) is 0 Å². The lowest BCUT2D eigenvalue weighted by Gasteiger charge is -2.25. The Balaban J connectivity index is 2.05. The Bertz CT molecular complexity index is 566. The number of aromatic nitrogens is 1. The first-order chi connectivity index (χ1) is 10.1. The van der Waals surface area contributed by atoms with E-state index in [1.54, 1.807) is 0 Å². The zero-order valence-electron chi connectivity index (χ0n) is 13.2. The largest absolute Gasteiger partial charge is 0.323 e. The van der Waals surface area contributed by atoms with Crippen molar-refractivity contribution < 1.29 is 0 Å². The number of hydrogen-bond donors (Lipinski definition) is 1. The molecule has 2 aromatic rings. The molecule has 0 radical (unpaired) electrons. The van der Waals surface area contributed by atoms with E-state index in [2.05, 4.69) is 61.0 Å². The van der Waals surface area contributed by atoms with Crippen LogP contribution in [0.25, 0.3) is 0 Å². The Morgan fingerprint density at radius 3 is 2.52 bits per heavy atom. The van der Waals surface area contributed by atoms with E-state index < -0.39 is 0 Å². The predicted molar refractivity (Wildman–Crippen MR) is 88.0 cm³/mol. The molecule has 21 heavy (non-hydrogen) atoms. The van der Waals surface area contributed by atoms with Crippen LogP contribution < -0.4 is 5.73 Å². The molecule has 0 spiro atoms. The number of nitrogens with zero attached hydrogens (tertiary/aromatic N) is 2. The van der Waals surface area contributed by atoms with Gasteiger partial charge in [0.05, 0.1) is 0 Å². The van der Waals surface area contributed by atoms with Crippen LogP contribution in [0.3, 0.4) is 0 Å². The molecular formula is C18H25N3. The molecule has 0 amide bonds. The second-order valence-electron chi connectivity index (χ2n) is 5.65. The van der Waals surface area contributed by atoms with Crippen LogP contribution in [0.1, 0.15) is 35.2 Å². The summed E-state index contributed by atoms with van der Waals surface area (Å²) in [7, 11) is 0. The van der Waals surface area contributed by atoms with E-state index >= 15 is 0 Å². The fourth-order valence-electron chi connectivity index (χ4n) is 2.59. The van der Waals surface area contributed by atoms with Gasteiger partial charge in [0.25, 0.3) is 0 Å². The van der Waals surface area contributed by atoms with Crippen molar-refractivity contribution in [2.45, 2.75) is 33.4 Å². The van der Waals surface area contributed by atoms with Crippen LogP contribution in [0.15, 0.2) is 42.7 Å². The molecule has 1 atom stereocenters. The van der Waals surface area contributed by atoms with E-state index in [0.717, 1.165) is 19.6 Å². The van der Waals surface area contributed by atoms with Crippen LogP contribution in [-0.2, 0) is 6.54 Å². The van der Waals surface area contributed by atoms with Crippen molar-refractivity contribution in [3.05, 3.63) is 65.0 Å². The highest BCUT2D eigenvalue weighted by molar-refractivity contribution is 5.33. The minimum atomic E-state index is 0.0479. The Morgan fingerprint density at radius 1 is 1.14 bits per heavy atom. The molecule has 0 saturated heterocycles. The molecule has 0 aliphatic rings. The van der Waals surface area contributed by atoms with Gasteiger partial charge in [0, 0.05) is 31.5 Å². The first-order valence-electron chi connectivity index (χ1n) is 7.54. The maximum Gasteiger partial charge on any atom is 0.0427 e. The number of hydrogen-bond acceptors (Lipinski definition) is 3. The lowest BCUT2D eigenvalue weighted by atomic mass is 9.99. The summed E-state index contributed by atoms with van der Waals surface area (Å²) in [5.41, 5.74) is 11.5. The quantitative estimate of drug-likeness (QED) is 0.885. The summed E-state index contributed by atoms with van der Waals surface area (Å²) in [4.78, 5) is 6.44. The van der Waals surface area contributed by atoms with Crippen molar-refractivity contribution in [2.24, 2.45) is 5.73 Å². The molecule has 0 aliphatic heterocycles. The van der Waals surface area contributed by atoms with E-state index in [-0.39, 0.29) is 6.04 Å². The van der Waals surface area contributed by atoms with Gasteiger partial charge in [-0.05, 0) is 49.2 Å². The second-order valence-corrected chi connectivity index (χ2v) is 5.65. The standard InChI is InChI=1S/C18H25N3/c1-4-21(12-16-7-9-20-10-8-16)13-18(19)17-11-14(2)5-6-15(17)3/h5-11,18H,4,12-13,19H2,1-3H3. The summed E-state index contributed by atoms with van der Waals surface area (Å²) < 4.78 is 0. The Kier molecular flexibility index (Phi) is 5.48. The summed E-state index contributed by atoms with van der Waals surface area (Å²) in [5, 5.41) is 0. The molecule has 1 unspecified atom stereocenters. The normalized spacial score (nSPS) is 12.6. The van der Waals surface area contributed by atoms with Gasteiger partial charge >= 0.3 is 0 Å². The van der Waals surface area contributed by atoms with Gasteiger partial charge in [0.15, 0.2) is 0 Å². The molecule has 1 aromatic heterocycles. The summed E-state index contributed by atoms with van der Waals surface area (Å²) in [5.74, 6) is 0. The van der Waals surface area contributed by atoms with Gasteiger partial charge in [-0.2, -0.15) is 0 Å². The molecule has 2 rings (SSSR count). The minimum absolute atomic E-state index is 0.0479. The molecule has 2 N–H and O–H groups in total. The highest BCUT2D eigenvalue weighted by Gasteiger charge is 2.13. The van der Waals surface area contributed by atoms with Gasteiger partial charge in [0.1, 0.15) is 0 Å². The predicted octanol–water partition coefficient (Wildman–Crippen LogP) is 3.22. The average Bonchev–Trinajstić information content (AvgIpc) is 2.50. The van der Waals surface area contributed by atoms with Crippen LogP contribution >= 0.6 is 0 Å². The first-order valence-corrected chi connectivity index (χ1v) is 7.54. The molecule has 1 aromatic carbocycles. The Labute approximate surface area is 127 Å². The molecular weight excluding hydrogens is 258 g/mol. The third-order valence-electron chi connectivity index (χ3n) is 3.89. The van der Waals surface area contributed by atoms with Crippen molar-refractivity contribution in [1.29, 1.82) is 0 Å². The van der Waals surface area contributed by atoms with Crippen LogP contribution in [-0.4, -0.2) is 23.0 Å². The van der Waals surface area contributed by atoms with Gasteiger partial charge in [-0.1, -0.05) is 30.7 Å². The van der Waals surface area contributed by atoms with Crippen molar-refractivity contribution in [1.82, 2.24) is 9.88 Å². The molecule has 3 nitrogen and oxygen atoms in total. The average molecular weight is 283 g/mol. The van der Waals surface area contributed by atoms with E-state index in [1.165, 1.54) is 22.3 Å². The van der Waals surface area contributed by atoms with Crippen LogP contribution in [0.2, 0.25) is 0 Å². The zero-order chi connectivity index (χ0) is 15.2. The number of benzene rings is 1. The second kappa shape index (κ2) is 7.34. The third kappa shape index (κ3) is 4.38. The summed E-state index contributed by atoms with van der Waals surface area (Å²) in [6.07, 6.45) is 3.68. The van der Waals surface area contributed by atoms with Gasteiger partial charge in [-0.15, -0.1) is 0 Å². The monoisotopic (exact) mass is 283 g/mol. The molecule has 112 valence electrons.